The summed E-state index contributed by atoms with van der Waals surface area (Å²) in [5, 5.41) is 9.72. The summed E-state index contributed by atoms with van der Waals surface area (Å²) in [6, 6.07) is 14.1. The Morgan fingerprint density at radius 3 is 2.44 bits per heavy atom. The van der Waals surface area contributed by atoms with Crippen LogP contribution >= 0.6 is 0 Å². The van der Waals surface area contributed by atoms with Crippen LogP contribution < -0.4 is 5.73 Å². The summed E-state index contributed by atoms with van der Waals surface area (Å²) in [5.74, 6) is -0.0499. The van der Waals surface area contributed by atoms with Gasteiger partial charge in [0.25, 0.3) is 0 Å². The molecule has 2 rings (SSSR count). The highest BCUT2D eigenvalue weighted by Gasteiger charge is 2.17. The standard InChI is InChI=1S/C16H19NO/c1-11-7-8-16(17)14(9-11)15(10-18)13-6-4-3-5-12(13)2/h3-9,15,18H,10,17H2,1-2H3. The molecule has 0 saturated heterocycles. The van der Waals surface area contributed by atoms with E-state index < -0.39 is 0 Å². The Morgan fingerprint density at radius 1 is 1.06 bits per heavy atom. The lowest BCUT2D eigenvalue weighted by molar-refractivity contribution is 0.280. The van der Waals surface area contributed by atoms with Gasteiger partial charge in [0.2, 0.25) is 0 Å². The average Bonchev–Trinajstić information content (AvgIpc) is 2.36. The quantitative estimate of drug-likeness (QED) is 0.811. The van der Waals surface area contributed by atoms with Gasteiger partial charge >= 0.3 is 0 Å². The van der Waals surface area contributed by atoms with E-state index in [-0.39, 0.29) is 12.5 Å². The zero-order valence-electron chi connectivity index (χ0n) is 10.9. The number of hydrogen-bond donors (Lipinski definition) is 2. The van der Waals surface area contributed by atoms with Crippen LogP contribution in [0.1, 0.15) is 28.2 Å². The molecule has 0 bridgehead atoms. The Balaban J connectivity index is 2.52. The maximum Gasteiger partial charge on any atom is 0.0541 e. The first-order valence-corrected chi connectivity index (χ1v) is 6.16. The number of anilines is 1. The van der Waals surface area contributed by atoms with Crippen molar-refractivity contribution in [1.82, 2.24) is 0 Å². The van der Waals surface area contributed by atoms with E-state index in [1.165, 1.54) is 5.56 Å². The Bertz CT molecular complexity index is 549. The van der Waals surface area contributed by atoms with Gasteiger partial charge < -0.3 is 10.8 Å². The molecule has 2 heteroatoms. The summed E-state index contributed by atoms with van der Waals surface area (Å²) in [7, 11) is 0. The second-order valence-corrected chi connectivity index (χ2v) is 4.72. The predicted molar refractivity (Wildman–Crippen MR) is 75.7 cm³/mol. The summed E-state index contributed by atoms with van der Waals surface area (Å²) in [5.41, 5.74) is 11.3. The van der Waals surface area contributed by atoms with Gasteiger partial charge in [0.1, 0.15) is 0 Å². The highest BCUT2D eigenvalue weighted by atomic mass is 16.3. The fourth-order valence-corrected chi connectivity index (χ4v) is 2.34. The Hall–Kier alpha value is -1.80. The van der Waals surface area contributed by atoms with Crippen molar-refractivity contribution in [3.05, 3.63) is 64.7 Å². The maximum absolute atomic E-state index is 9.72. The molecule has 0 aliphatic carbocycles. The molecule has 0 saturated carbocycles. The molecular formula is C16H19NO. The van der Waals surface area contributed by atoms with Crippen molar-refractivity contribution in [2.75, 3.05) is 12.3 Å². The molecule has 0 aliphatic rings. The van der Waals surface area contributed by atoms with Crippen LogP contribution in [0, 0.1) is 13.8 Å². The van der Waals surface area contributed by atoms with Gasteiger partial charge in [-0.15, -0.1) is 0 Å². The SMILES string of the molecule is Cc1ccc(N)c(C(CO)c2ccccc2C)c1. The summed E-state index contributed by atoms with van der Waals surface area (Å²) in [6.45, 7) is 4.16. The van der Waals surface area contributed by atoms with Crippen LogP contribution in [0.3, 0.4) is 0 Å². The van der Waals surface area contributed by atoms with Crippen molar-refractivity contribution in [1.29, 1.82) is 0 Å². The van der Waals surface area contributed by atoms with Crippen molar-refractivity contribution in [3.63, 3.8) is 0 Å². The van der Waals surface area contributed by atoms with Crippen LogP contribution in [0.25, 0.3) is 0 Å². The molecule has 18 heavy (non-hydrogen) atoms. The average molecular weight is 241 g/mol. The Kier molecular flexibility index (Phi) is 3.68. The molecule has 0 radical (unpaired) electrons. The van der Waals surface area contributed by atoms with E-state index in [0.717, 1.165) is 22.4 Å². The summed E-state index contributed by atoms with van der Waals surface area (Å²) < 4.78 is 0. The fraction of sp³-hybridized carbons (Fsp3) is 0.250. The molecule has 3 N–H and O–H groups in total. The largest absolute Gasteiger partial charge is 0.398 e. The number of aryl methyl sites for hydroxylation is 2. The molecule has 2 aromatic carbocycles. The third-order valence-corrected chi connectivity index (χ3v) is 3.36. The minimum Gasteiger partial charge on any atom is -0.398 e. The molecule has 0 heterocycles. The third kappa shape index (κ3) is 2.39. The fourth-order valence-electron chi connectivity index (χ4n) is 2.34. The molecule has 2 aromatic rings. The lowest BCUT2D eigenvalue weighted by Crippen LogP contribution is -2.10. The van der Waals surface area contributed by atoms with Gasteiger partial charge in [-0.2, -0.15) is 0 Å². The van der Waals surface area contributed by atoms with Crippen LogP contribution in [0.2, 0.25) is 0 Å². The molecule has 0 aliphatic heterocycles. The number of benzene rings is 2. The summed E-state index contributed by atoms with van der Waals surface area (Å²) in [4.78, 5) is 0. The zero-order chi connectivity index (χ0) is 13.1. The molecule has 0 fully saturated rings. The first-order valence-electron chi connectivity index (χ1n) is 6.16. The summed E-state index contributed by atoms with van der Waals surface area (Å²) >= 11 is 0. The number of hydrogen-bond acceptors (Lipinski definition) is 2. The van der Waals surface area contributed by atoms with E-state index in [4.69, 9.17) is 5.73 Å². The van der Waals surface area contributed by atoms with Gasteiger partial charge in [-0.3, -0.25) is 0 Å². The maximum atomic E-state index is 9.72. The van der Waals surface area contributed by atoms with E-state index >= 15 is 0 Å². The van der Waals surface area contributed by atoms with Gasteiger partial charge in [-0.05, 0) is 36.6 Å². The number of aliphatic hydroxyl groups excluding tert-OH is 1. The first kappa shape index (κ1) is 12.7. The highest BCUT2D eigenvalue weighted by Crippen LogP contribution is 2.31. The summed E-state index contributed by atoms with van der Waals surface area (Å²) in [6.07, 6.45) is 0. The first-order chi connectivity index (χ1) is 8.63. The van der Waals surface area contributed by atoms with Gasteiger partial charge in [0.05, 0.1) is 6.61 Å². The smallest absolute Gasteiger partial charge is 0.0541 e. The van der Waals surface area contributed by atoms with Gasteiger partial charge in [-0.1, -0.05) is 42.0 Å². The second kappa shape index (κ2) is 5.23. The van der Waals surface area contributed by atoms with Gasteiger partial charge in [0, 0.05) is 11.6 Å². The lowest BCUT2D eigenvalue weighted by atomic mass is 9.87. The molecule has 0 spiro atoms. The number of aliphatic hydroxyl groups is 1. The third-order valence-electron chi connectivity index (χ3n) is 3.36. The lowest BCUT2D eigenvalue weighted by Gasteiger charge is -2.19. The van der Waals surface area contributed by atoms with Crippen molar-refractivity contribution < 1.29 is 5.11 Å². The Morgan fingerprint density at radius 2 is 1.78 bits per heavy atom. The minimum atomic E-state index is -0.0499. The normalized spacial score (nSPS) is 12.4. The van der Waals surface area contributed by atoms with Crippen molar-refractivity contribution in [3.8, 4) is 0 Å². The van der Waals surface area contributed by atoms with Crippen LogP contribution in [-0.2, 0) is 0 Å². The van der Waals surface area contributed by atoms with Gasteiger partial charge in [0.15, 0.2) is 0 Å². The van der Waals surface area contributed by atoms with E-state index in [1.807, 2.05) is 31.2 Å². The van der Waals surface area contributed by atoms with E-state index in [9.17, 15) is 5.11 Å². The topological polar surface area (TPSA) is 46.2 Å². The van der Waals surface area contributed by atoms with Crippen LogP contribution in [0.15, 0.2) is 42.5 Å². The molecule has 1 atom stereocenters. The molecule has 0 amide bonds. The highest BCUT2D eigenvalue weighted by molar-refractivity contribution is 5.54. The molecular weight excluding hydrogens is 222 g/mol. The van der Waals surface area contributed by atoms with E-state index in [1.54, 1.807) is 0 Å². The van der Waals surface area contributed by atoms with Gasteiger partial charge in [-0.25, -0.2) is 0 Å². The molecule has 0 aromatic heterocycles. The molecule has 2 nitrogen and oxygen atoms in total. The van der Waals surface area contributed by atoms with Crippen molar-refractivity contribution >= 4 is 5.69 Å². The molecule has 1 unspecified atom stereocenters. The van der Waals surface area contributed by atoms with Crippen LogP contribution in [0.4, 0.5) is 5.69 Å². The van der Waals surface area contributed by atoms with Crippen molar-refractivity contribution in [2.24, 2.45) is 0 Å². The van der Waals surface area contributed by atoms with Crippen molar-refractivity contribution in [2.45, 2.75) is 19.8 Å². The predicted octanol–water partition coefficient (Wildman–Crippen LogP) is 3.01. The zero-order valence-corrected chi connectivity index (χ0v) is 10.9. The monoisotopic (exact) mass is 241 g/mol. The Labute approximate surface area is 108 Å². The minimum absolute atomic E-state index is 0.0499. The van der Waals surface area contributed by atoms with E-state index in [2.05, 4.69) is 25.1 Å². The van der Waals surface area contributed by atoms with Crippen LogP contribution in [-0.4, -0.2) is 11.7 Å². The van der Waals surface area contributed by atoms with E-state index in [0.29, 0.717) is 0 Å². The number of nitrogens with two attached hydrogens (primary N) is 1. The second-order valence-electron chi connectivity index (χ2n) is 4.72. The molecule has 94 valence electrons. The number of rotatable bonds is 3. The van der Waals surface area contributed by atoms with Crippen LogP contribution in [0.5, 0.6) is 0 Å². The number of nitrogen functional groups attached to an aromatic ring is 1.